The summed E-state index contributed by atoms with van der Waals surface area (Å²) in [6.45, 7) is 16.5. The summed E-state index contributed by atoms with van der Waals surface area (Å²) in [5, 5.41) is 1.14. The minimum absolute atomic E-state index is 1.06. The van der Waals surface area contributed by atoms with Crippen molar-refractivity contribution < 1.29 is 0 Å². The number of hydrogen-bond donors (Lipinski definition) is 0. The topological polar surface area (TPSA) is 138 Å². The van der Waals surface area contributed by atoms with Crippen LogP contribution < -0.4 is 0 Å². The Labute approximate surface area is 541 Å². The minimum atomic E-state index is 1.06. The van der Waals surface area contributed by atoms with Gasteiger partial charge in [-0.25, -0.2) is 39.9 Å². The maximum atomic E-state index is 4.46. The van der Waals surface area contributed by atoms with E-state index in [1.165, 1.54) is 65.6 Å². The molecule has 92 heavy (non-hydrogen) atoms. The van der Waals surface area contributed by atoms with Crippen molar-refractivity contribution in [2.24, 2.45) is 42.3 Å². The van der Waals surface area contributed by atoms with Gasteiger partial charge in [-0.1, -0.05) is 103 Å². The van der Waals surface area contributed by atoms with Gasteiger partial charge >= 0.3 is 0 Å². The molecular weight excluding hydrogens is 1160 g/mol. The van der Waals surface area contributed by atoms with Crippen LogP contribution in [0.25, 0.3) is 93.1 Å². The fraction of sp³-hybridized carbons (Fsp3) is 0.184. The number of fused-ring (bicyclic) bond motifs is 8. The predicted octanol–water partition coefficient (Wildman–Crippen LogP) is 17.2. The van der Waals surface area contributed by atoms with Crippen molar-refractivity contribution in [1.29, 1.82) is 0 Å². The Balaban J connectivity index is 0.000000116. The minimum Gasteiger partial charge on any atom is -0.334 e. The van der Waals surface area contributed by atoms with Gasteiger partial charge in [0.2, 0.25) is 0 Å². The van der Waals surface area contributed by atoms with Crippen LogP contribution in [0.4, 0.5) is 0 Å². The number of hydrogen-bond acceptors (Lipinski definition) is 9. The van der Waals surface area contributed by atoms with Gasteiger partial charge in [0, 0.05) is 48.0 Å². The van der Waals surface area contributed by atoms with Crippen LogP contribution in [0.5, 0.6) is 0 Å². The summed E-state index contributed by atoms with van der Waals surface area (Å²) in [4.78, 5) is 34.5. The molecule has 8 aromatic heterocycles. The Kier molecular flexibility index (Phi) is 20.4. The summed E-state index contributed by atoms with van der Waals surface area (Å²) in [6, 6.07) is 66.0. The van der Waals surface area contributed by atoms with Gasteiger partial charge in [-0.15, -0.1) is 11.3 Å². The molecule has 0 fully saturated rings. The van der Waals surface area contributed by atoms with E-state index in [0.717, 1.165) is 72.0 Å². The quantitative estimate of drug-likeness (QED) is 0.158. The smallest absolute Gasteiger partial charge is 0.106 e. The fourth-order valence-corrected chi connectivity index (χ4v) is 11.5. The van der Waals surface area contributed by atoms with Crippen molar-refractivity contribution >= 4 is 98.8 Å². The molecule has 0 amide bonds. The number of benzene rings is 9. The summed E-state index contributed by atoms with van der Waals surface area (Å²) in [5.41, 5.74) is 24.5. The van der Waals surface area contributed by atoms with E-state index in [-0.39, 0.29) is 0 Å². The highest BCUT2D eigenvalue weighted by Crippen LogP contribution is 2.23. The van der Waals surface area contributed by atoms with Crippen molar-refractivity contribution in [2.45, 2.75) is 55.4 Å². The molecule has 8 heterocycles. The van der Waals surface area contributed by atoms with Crippen LogP contribution >= 0.6 is 11.3 Å². The van der Waals surface area contributed by atoms with Gasteiger partial charge in [-0.3, -0.25) is 4.57 Å². The molecule has 17 aromatic rings. The number of imidazole rings is 7. The van der Waals surface area contributed by atoms with E-state index in [2.05, 4.69) is 191 Å². The van der Waals surface area contributed by atoms with Crippen molar-refractivity contribution in [3.63, 3.8) is 0 Å². The molecule has 0 saturated heterocycles. The van der Waals surface area contributed by atoms with E-state index in [1.807, 2.05) is 204 Å². The van der Waals surface area contributed by atoms with Crippen LogP contribution in [-0.2, 0) is 42.3 Å². The van der Waals surface area contributed by atoms with Crippen molar-refractivity contribution in [3.05, 3.63) is 270 Å². The Hall–Kier alpha value is -10.8. The molecule has 0 saturated carbocycles. The van der Waals surface area contributed by atoms with Crippen LogP contribution in [0.1, 0.15) is 44.5 Å². The van der Waals surface area contributed by atoms with Gasteiger partial charge in [-0.05, 0) is 174 Å². The predicted molar refractivity (Wildman–Crippen MR) is 383 cm³/mol. The number of nitrogens with zero attached hydrogens (tertiary/aromatic N) is 15. The van der Waals surface area contributed by atoms with Gasteiger partial charge < -0.3 is 27.4 Å². The first kappa shape index (κ1) is 64.2. The zero-order chi connectivity index (χ0) is 65.0. The second-order valence-corrected chi connectivity index (χ2v) is 24.0. The molecule has 0 atom stereocenters. The van der Waals surface area contributed by atoms with Gasteiger partial charge in [-0.2, -0.15) is 0 Å². The molecule has 464 valence electrons. The zero-order valence-corrected chi connectivity index (χ0v) is 55.8. The average Bonchev–Trinajstić information content (AvgIpc) is 1.80. The third kappa shape index (κ3) is 15.1. The second kappa shape index (κ2) is 29.2. The van der Waals surface area contributed by atoms with Crippen molar-refractivity contribution in [1.82, 2.24) is 71.8 Å². The molecule has 0 spiro atoms. The average molecular weight is 1230 g/mol. The normalized spacial score (nSPS) is 10.7. The molecule has 0 bridgehead atoms. The first-order valence-electron chi connectivity index (χ1n) is 30.5. The van der Waals surface area contributed by atoms with E-state index in [0.29, 0.717) is 0 Å². The molecule has 9 aromatic carbocycles. The van der Waals surface area contributed by atoms with Crippen LogP contribution in [0.15, 0.2) is 226 Å². The van der Waals surface area contributed by atoms with Gasteiger partial charge in [0.1, 0.15) is 18.0 Å². The molecule has 0 aliphatic rings. The lowest BCUT2D eigenvalue weighted by molar-refractivity contribution is 0.886. The number of thiazole rings is 1. The third-order valence-corrected chi connectivity index (χ3v) is 16.8. The molecule has 15 nitrogen and oxygen atoms in total. The lowest BCUT2D eigenvalue weighted by Gasteiger charge is -2.03. The molecule has 0 radical (unpaired) electrons. The van der Waals surface area contributed by atoms with E-state index in [1.54, 1.807) is 11.3 Å². The number of aromatic nitrogens is 15. The highest BCUT2D eigenvalue weighted by molar-refractivity contribution is 7.18. The largest absolute Gasteiger partial charge is 0.334 e. The molecular formula is C76H79N15S. The summed E-state index contributed by atoms with van der Waals surface area (Å²) in [5.74, 6) is 2.12. The fourth-order valence-electron chi connectivity index (χ4n) is 10.7. The lowest BCUT2D eigenvalue weighted by Crippen LogP contribution is -1.90. The van der Waals surface area contributed by atoms with E-state index < -0.39 is 0 Å². The standard InChI is InChI=1S/C14H12N2.6C9H10N2.C8H7NS/c1-11-6-5-9-13-14(11)15-10-16(13)12-7-3-2-4-8-12;1-7-3-4-9-8(5-7)10-6-11(9)2;1-7-3-4-8-9(5-7)11(2)6-10-8;1-7-4-3-5-8-9(7)10-6-11(8)2;1-7-4-3-5-8-9(7)11(2)6-10-8;2*1-7-10-8-5-3-4-6-9(8)11(7)2;1-6-9-7-4-2-3-5-8(7)10-6/h2-10H,1H3;6*3-6H,1-2H3;2-5H,1H3. The highest BCUT2D eigenvalue weighted by atomic mass is 32.1. The molecule has 16 heteroatoms. The third-order valence-electron chi connectivity index (χ3n) is 15.9. The van der Waals surface area contributed by atoms with E-state index >= 15 is 0 Å². The van der Waals surface area contributed by atoms with E-state index in [4.69, 9.17) is 0 Å². The maximum Gasteiger partial charge on any atom is 0.106 e. The van der Waals surface area contributed by atoms with Crippen molar-refractivity contribution in [2.75, 3.05) is 0 Å². The number of aryl methyl sites for hydroxylation is 14. The Bertz CT molecular complexity index is 5140. The maximum absolute atomic E-state index is 4.46. The molecule has 17 rings (SSSR count). The molecule has 0 N–H and O–H groups in total. The Morgan fingerprint density at radius 2 is 0.772 bits per heavy atom. The van der Waals surface area contributed by atoms with Crippen molar-refractivity contribution in [3.8, 4) is 5.69 Å². The molecule has 0 aliphatic heterocycles. The monoisotopic (exact) mass is 1230 g/mol. The number of para-hydroxylation sites is 9. The summed E-state index contributed by atoms with van der Waals surface area (Å²) in [6.07, 6.45) is 9.25. The molecule has 0 aliphatic carbocycles. The SMILES string of the molecule is Cc1ccc2c(c1)ncn2C.Cc1ccc2ncn(C)c2c1.Cc1cccc2c1ncn2-c1ccccc1.Cc1cccc2c1ncn2C.Cc1cccc2ncn(C)c12.Cc1nc2ccccc2n1C.Cc1nc2ccccc2n1C.Cc1nc2ccccc2s1. The van der Waals surface area contributed by atoms with Gasteiger partial charge in [0.15, 0.2) is 0 Å². The van der Waals surface area contributed by atoms with Gasteiger partial charge in [0.25, 0.3) is 0 Å². The van der Waals surface area contributed by atoms with Crippen LogP contribution in [0.2, 0.25) is 0 Å². The first-order chi connectivity index (χ1) is 44.4. The zero-order valence-electron chi connectivity index (χ0n) is 55.0. The van der Waals surface area contributed by atoms with Crippen LogP contribution in [0.3, 0.4) is 0 Å². The first-order valence-corrected chi connectivity index (χ1v) is 31.3. The lowest BCUT2D eigenvalue weighted by atomic mass is 10.2. The number of rotatable bonds is 1. The summed E-state index contributed by atoms with van der Waals surface area (Å²) < 4.78 is 15.7. The Morgan fingerprint density at radius 3 is 1.40 bits per heavy atom. The van der Waals surface area contributed by atoms with E-state index in [9.17, 15) is 0 Å². The summed E-state index contributed by atoms with van der Waals surface area (Å²) in [7, 11) is 12.1. The highest BCUT2D eigenvalue weighted by Gasteiger charge is 2.07. The molecule has 0 unspecified atom stereocenters. The summed E-state index contributed by atoms with van der Waals surface area (Å²) >= 11 is 1.74. The van der Waals surface area contributed by atoms with Gasteiger partial charge in [0.05, 0.1) is 118 Å². The van der Waals surface area contributed by atoms with Crippen LogP contribution in [0, 0.1) is 55.4 Å². The Morgan fingerprint density at radius 1 is 0.304 bits per heavy atom. The van der Waals surface area contributed by atoms with Crippen LogP contribution in [-0.4, -0.2) is 71.8 Å². The second-order valence-electron chi connectivity index (χ2n) is 22.8.